The third-order valence-electron chi connectivity index (χ3n) is 3.83. The van der Waals surface area contributed by atoms with Gasteiger partial charge in [-0.15, -0.1) is 0 Å². The Balaban J connectivity index is 2.05. The number of benzene rings is 1. The molecule has 0 saturated heterocycles. The zero-order valence-corrected chi connectivity index (χ0v) is 12.9. The normalized spacial score (nSPS) is 11.6. The second kappa shape index (κ2) is 6.51. The smallest absolute Gasteiger partial charge is 0.417 e. The lowest BCUT2D eigenvalue weighted by Crippen LogP contribution is -2.05. The average Bonchev–Trinajstić information content (AvgIpc) is 2.59. The van der Waals surface area contributed by atoms with Gasteiger partial charge in [-0.1, -0.05) is 18.2 Å². The summed E-state index contributed by atoms with van der Waals surface area (Å²) in [5, 5.41) is 9.62. The summed E-state index contributed by atoms with van der Waals surface area (Å²) in [5.74, 6) is -0.898. The fourth-order valence-corrected chi connectivity index (χ4v) is 2.62. The molecule has 0 unspecified atom stereocenters. The number of hydrogen-bond acceptors (Lipinski definition) is 3. The zero-order chi connectivity index (χ0) is 18.0. The molecule has 0 amide bonds. The second-order valence-electron chi connectivity index (χ2n) is 5.50. The van der Waals surface area contributed by atoms with Crippen molar-refractivity contribution in [2.24, 2.45) is 0 Å². The molecule has 1 aromatic carbocycles. The molecule has 1 N–H and O–H groups in total. The molecule has 25 heavy (non-hydrogen) atoms. The summed E-state index contributed by atoms with van der Waals surface area (Å²) in [5.41, 5.74) is 1.57. The highest BCUT2D eigenvalue weighted by Gasteiger charge is 2.30. The van der Waals surface area contributed by atoms with Gasteiger partial charge in [0.2, 0.25) is 0 Å². The minimum atomic E-state index is -4.44. The first-order valence-corrected chi connectivity index (χ1v) is 7.48. The van der Waals surface area contributed by atoms with Crippen LogP contribution in [0.5, 0.6) is 0 Å². The van der Waals surface area contributed by atoms with Gasteiger partial charge in [0, 0.05) is 29.8 Å². The van der Waals surface area contributed by atoms with Crippen molar-refractivity contribution in [3.8, 4) is 11.3 Å². The van der Waals surface area contributed by atoms with Crippen LogP contribution >= 0.6 is 0 Å². The number of halogens is 3. The van der Waals surface area contributed by atoms with Crippen LogP contribution in [-0.4, -0.2) is 21.0 Å². The van der Waals surface area contributed by atoms with E-state index in [0.29, 0.717) is 23.2 Å². The summed E-state index contributed by atoms with van der Waals surface area (Å²) in [6, 6.07) is 9.31. The van der Waals surface area contributed by atoms with Crippen LogP contribution in [0.1, 0.15) is 17.5 Å². The van der Waals surface area contributed by atoms with Gasteiger partial charge in [-0.2, -0.15) is 13.2 Å². The molecule has 0 bridgehead atoms. The monoisotopic (exact) mass is 346 g/mol. The standard InChI is InChI=1S/C18H13F3N2O2/c19-18(20,21)12-5-7-15(23-10-12)14-6-3-11(4-8-16(24)25)13-2-1-9-22-17(13)14/h1-3,5-7,9-10H,4,8H2,(H,24,25). The Morgan fingerprint density at radius 1 is 1.08 bits per heavy atom. The number of rotatable bonds is 4. The number of carboxylic acids is 1. The highest BCUT2D eigenvalue weighted by molar-refractivity contribution is 5.94. The van der Waals surface area contributed by atoms with Crippen molar-refractivity contribution in [2.75, 3.05) is 0 Å². The van der Waals surface area contributed by atoms with E-state index in [-0.39, 0.29) is 6.42 Å². The number of alkyl halides is 3. The number of aryl methyl sites for hydroxylation is 1. The van der Waals surface area contributed by atoms with E-state index in [0.717, 1.165) is 23.2 Å². The van der Waals surface area contributed by atoms with Crippen molar-refractivity contribution >= 4 is 16.9 Å². The average molecular weight is 346 g/mol. The molecule has 4 nitrogen and oxygen atoms in total. The summed E-state index contributed by atoms with van der Waals surface area (Å²) in [7, 11) is 0. The van der Waals surface area contributed by atoms with Crippen LogP contribution in [0.3, 0.4) is 0 Å². The van der Waals surface area contributed by atoms with E-state index >= 15 is 0 Å². The number of carboxylic acid groups (broad SMARTS) is 1. The number of hydrogen-bond donors (Lipinski definition) is 1. The molecule has 0 aliphatic heterocycles. The maximum atomic E-state index is 12.7. The molecular formula is C18H13F3N2O2. The number of aromatic nitrogens is 2. The van der Waals surface area contributed by atoms with Crippen LogP contribution in [0.2, 0.25) is 0 Å². The summed E-state index contributed by atoms with van der Waals surface area (Å²) >= 11 is 0. The van der Waals surface area contributed by atoms with Crippen molar-refractivity contribution in [1.29, 1.82) is 0 Å². The summed E-state index contributed by atoms with van der Waals surface area (Å²) in [4.78, 5) is 19.0. The summed E-state index contributed by atoms with van der Waals surface area (Å²) < 4.78 is 38.0. The van der Waals surface area contributed by atoms with E-state index in [1.54, 1.807) is 24.4 Å². The van der Waals surface area contributed by atoms with Crippen LogP contribution in [-0.2, 0) is 17.4 Å². The molecule has 3 aromatic rings. The van der Waals surface area contributed by atoms with E-state index in [1.165, 1.54) is 6.07 Å². The Morgan fingerprint density at radius 3 is 2.52 bits per heavy atom. The van der Waals surface area contributed by atoms with Crippen molar-refractivity contribution < 1.29 is 23.1 Å². The minimum absolute atomic E-state index is 0.0120. The van der Waals surface area contributed by atoms with Gasteiger partial charge < -0.3 is 5.11 Å². The molecule has 7 heteroatoms. The molecule has 0 fully saturated rings. The lowest BCUT2D eigenvalue weighted by atomic mass is 9.98. The highest BCUT2D eigenvalue weighted by Crippen LogP contribution is 2.32. The number of aliphatic carboxylic acids is 1. The third-order valence-corrected chi connectivity index (χ3v) is 3.83. The molecule has 0 spiro atoms. The van der Waals surface area contributed by atoms with E-state index in [1.807, 2.05) is 6.07 Å². The van der Waals surface area contributed by atoms with E-state index in [9.17, 15) is 18.0 Å². The molecule has 0 radical (unpaired) electrons. The number of carbonyl (C=O) groups is 1. The van der Waals surface area contributed by atoms with Gasteiger partial charge in [-0.05, 0) is 30.2 Å². The maximum Gasteiger partial charge on any atom is 0.417 e. The van der Waals surface area contributed by atoms with Crippen LogP contribution < -0.4 is 0 Å². The number of nitrogens with zero attached hydrogens (tertiary/aromatic N) is 2. The molecule has 0 aliphatic rings. The molecule has 2 heterocycles. The highest BCUT2D eigenvalue weighted by atomic mass is 19.4. The van der Waals surface area contributed by atoms with Crippen molar-refractivity contribution in [2.45, 2.75) is 19.0 Å². The van der Waals surface area contributed by atoms with Gasteiger partial charge in [0.15, 0.2) is 0 Å². The summed E-state index contributed by atoms with van der Waals surface area (Å²) in [6.07, 6.45) is -1.73. The Hall–Kier alpha value is -2.96. The Kier molecular flexibility index (Phi) is 4.39. The predicted octanol–water partition coefficient (Wildman–Crippen LogP) is 4.33. The van der Waals surface area contributed by atoms with E-state index < -0.39 is 17.7 Å². The van der Waals surface area contributed by atoms with Gasteiger partial charge in [-0.3, -0.25) is 14.8 Å². The first kappa shape index (κ1) is 16.9. The molecule has 0 atom stereocenters. The van der Waals surface area contributed by atoms with Crippen molar-refractivity contribution in [3.05, 3.63) is 59.9 Å². The SMILES string of the molecule is O=C(O)CCc1ccc(-c2ccc(C(F)(F)F)cn2)c2ncccc12. The molecule has 0 aliphatic carbocycles. The van der Waals surface area contributed by atoms with Crippen LogP contribution in [0, 0.1) is 0 Å². The molecule has 3 rings (SSSR count). The van der Waals surface area contributed by atoms with Crippen LogP contribution in [0.15, 0.2) is 48.8 Å². The minimum Gasteiger partial charge on any atom is -0.481 e. The van der Waals surface area contributed by atoms with Crippen LogP contribution in [0.4, 0.5) is 13.2 Å². The Bertz CT molecular complexity index is 922. The molecule has 128 valence electrons. The van der Waals surface area contributed by atoms with Gasteiger partial charge in [0.1, 0.15) is 0 Å². The van der Waals surface area contributed by atoms with Crippen molar-refractivity contribution in [3.63, 3.8) is 0 Å². The topological polar surface area (TPSA) is 63.1 Å². The quantitative estimate of drug-likeness (QED) is 0.764. The van der Waals surface area contributed by atoms with E-state index in [4.69, 9.17) is 5.11 Å². The first-order chi connectivity index (χ1) is 11.9. The predicted molar refractivity (Wildman–Crippen MR) is 85.9 cm³/mol. The number of pyridine rings is 2. The van der Waals surface area contributed by atoms with Crippen molar-refractivity contribution in [1.82, 2.24) is 9.97 Å². The lowest BCUT2D eigenvalue weighted by molar-refractivity contribution is -0.138. The zero-order valence-electron chi connectivity index (χ0n) is 12.9. The lowest BCUT2D eigenvalue weighted by Gasteiger charge is -2.11. The summed E-state index contributed by atoms with van der Waals surface area (Å²) in [6.45, 7) is 0. The van der Waals surface area contributed by atoms with Gasteiger partial charge >= 0.3 is 12.1 Å². The largest absolute Gasteiger partial charge is 0.481 e. The maximum absolute atomic E-state index is 12.7. The molecule has 0 saturated carbocycles. The molecular weight excluding hydrogens is 333 g/mol. The van der Waals surface area contributed by atoms with Gasteiger partial charge in [0.25, 0.3) is 0 Å². The fourth-order valence-electron chi connectivity index (χ4n) is 2.62. The van der Waals surface area contributed by atoms with Gasteiger partial charge in [-0.25, -0.2) is 0 Å². The third kappa shape index (κ3) is 3.60. The first-order valence-electron chi connectivity index (χ1n) is 7.48. The van der Waals surface area contributed by atoms with E-state index in [2.05, 4.69) is 9.97 Å². The Morgan fingerprint density at radius 2 is 1.88 bits per heavy atom. The van der Waals surface area contributed by atoms with Crippen LogP contribution in [0.25, 0.3) is 22.2 Å². The fraction of sp³-hybridized carbons (Fsp3) is 0.167. The van der Waals surface area contributed by atoms with Gasteiger partial charge in [0.05, 0.1) is 16.8 Å². The Labute approximate surface area is 141 Å². The number of fused-ring (bicyclic) bond motifs is 1. The molecule has 2 aromatic heterocycles. The second-order valence-corrected chi connectivity index (χ2v) is 5.50.